The van der Waals surface area contributed by atoms with Crippen LogP contribution in [0.15, 0.2) is 55.1 Å². The molecule has 5 heteroatoms. The Bertz CT molecular complexity index is 782. The summed E-state index contributed by atoms with van der Waals surface area (Å²) in [5.41, 5.74) is 0.307. The Balaban J connectivity index is 1.63. The van der Waals surface area contributed by atoms with E-state index in [0.29, 0.717) is 17.5 Å². The van der Waals surface area contributed by atoms with Crippen LogP contribution in [0.2, 0.25) is 0 Å². The second-order valence-electron chi connectivity index (χ2n) is 5.09. The van der Waals surface area contributed by atoms with Crippen molar-refractivity contribution in [1.29, 1.82) is 0 Å². The highest BCUT2D eigenvalue weighted by molar-refractivity contribution is 6.03. The molecule has 5 nitrogen and oxygen atoms in total. The summed E-state index contributed by atoms with van der Waals surface area (Å²) in [6.45, 7) is 1.34. The number of carbonyl (C=O) groups excluding carboxylic acids is 1. The number of nitrogens with zero attached hydrogens (tertiary/aromatic N) is 2. The largest absolute Gasteiger partial charge is 0.506 e. The highest BCUT2D eigenvalue weighted by atomic mass is 16.3. The van der Waals surface area contributed by atoms with E-state index < -0.39 is 0 Å². The lowest BCUT2D eigenvalue weighted by Crippen LogP contribution is -2.25. The lowest BCUT2D eigenvalue weighted by atomic mass is 10.0. The summed E-state index contributed by atoms with van der Waals surface area (Å²) in [5, 5.41) is 14.7. The van der Waals surface area contributed by atoms with Gasteiger partial charge in [-0.2, -0.15) is 0 Å². The molecule has 22 heavy (non-hydrogen) atoms. The van der Waals surface area contributed by atoms with Crippen LogP contribution < -0.4 is 5.32 Å². The minimum atomic E-state index is -0.256. The van der Waals surface area contributed by atoms with Gasteiger partial charge >= 0.3 is 0 Å². The Morgan fingerprint density at radius 1 is 1.23 bits per heavy atom. The normalized spacial score (nSPS) is 10.7. The number of phenolic OH excluding ortho intramolecular Hbond substituents is 1. The van der Waals surface area contributed by atoms with Crippen LogP contribution in [0.3, 0.4) is 0 Å². The van der Waals surface area contributed by atoms with E-state index in [9.17, 15) is 9.90 Å². The number of hydrogen-bond acceptors (Lipinski definition) is 3. The Morgan fingerprint density at radius 3 is 2.91 bits per heavy atom. The SMILES string of the molecule is O=C(NCCCn1ccnc1)c1ccc2ccccc2c1O. The summed E-state index contributed by atoms with van der Waals surface area (Å²) in [6, 6.07) is 11.0. The van der Waals surface area contributed by atoms with Gasteiger partial charge in [0, 0.05) is 30.9 Å². The minimum absolute atomic E-state index is 0.0326. The van der Waals surface area contributed by atoms with Crippen molar-refractivity contribution in [2.24, 2.45) is 0 Å². The predicted octanol–water partition coefficient (Wildman–Crippen LogP) is 2.56. The van der Waals surface area contributed by atoms with Crippen LogP contribution in [-0.2, 0) is 6.54 Å². The van der Waals surface area contributed by atoms with Gasteiger partial charge in [0.1, 0.15) is 5.75 Å². The van der Waals surface area contributed by atoms with E-state index >= 15 is 0 Å². The molecule has 0 fully saturated rings. The fraction of sp³-hybridized carbons (Fsp3) is 0.176. The second-order valence-corrected chi connectivity index (χ2v) is 5.09. The molecule has 0 radical (unpaired) electrons. The van der Waals surface area contributed by atoms with E-state index in [-0.39, 0.29) is 11.7 Å². The number of hydrogen-bond donors (Lipinski definition) is 2. The van der Waals surface area contributed by atoms with Crippen molar-refractivity contribution in [1.82, 2.24) is 14.9 Å². The van der Waals surface area contributed by atoms with Crippen molar-refractivity contribution in [2.45, 2.75) is 13.0 Å². The summed E-state index contributed by atoms with van der Waals surface area (Å²) in [5.74, 6) is -0.223. The molecule has 0 aliphatic heterocycles. The third kappa shape index (κ3) is 2.93. The van der Waals surface area contributed by atoms with Crippen molar-refractivity contribution < 1.29 is 9.90 Å². The van der Waals surface area contributed by atoms with Gasteiger partial charge in [0.15, 0.2) is 0 Å². The van der Waals surface area contributed by atoms with Gasteiger partial charge in [-0.05, 0) is 17.9 Å². The quantitative estimate of drug-likeness (QED) is 0.711. The van der Waals surface area contributed by atoms with Gasteiger partial charge in [0.05, 0.1) is 11.9 Å². The number of fused-ring (bicyclic) bond motifs is 1. The molecule has 0 bridgehead atoms. The fourth-order valence-corrected chi connectivity index (χ4v) is 2.42. The molecule has 2 N–H and O–H groups in total. The molecule has 1 aromatic heterocycles. The number of imidazole rings is 1. The summed E-state index contributed by atoms with van der Waals surface area (Å²) < 4.78 is 1.96. The van der Waals surface area contributed by atoms with Gasteiger partial charge in [-0.3, -0.25) is 4.79 Å². The third-order valence-corrected chi connectivity index (χ3v) is 3.58. The van der Waals surface area contributed by atoms with Crippen molar-refractivity contribution in [3.05, 3.63) is 60.7 Å². The monoisotopic (exact) mass is 295 g/mol. The highest BCUT2D eigenvalue weighted by Gasteiger charge is 2.12. The number of benzene rings is 2. The Kier molecular flexibility index (Phi) is 4.05. The first-order chi connectivity index (χ1) is 10.8. The maximum atomic E-state index is 12.2. The molecule has 3 rings (SSSR count). The summed E-state index contributed by atoms with van der Waals surface area (Å²) in [7, 11) is 0. The van der Waals surface area contributed by atoms with E-state index in [4.69, 9.17) is 0 Å². The van der Waals surface area contributed by atoms with E-state index in [0.717, 1.165) is 18.4 Å². The number of rotatable bonds is 5. The van der Waals surface area contributed by atoms with Crippen LogP contribution in [0.5, 0.6) is 5.75 Å². The maximum absolute atomic E-state index is 12.2. The van der Waals surface area contributed by atoms with Crippen molar-refractivity contribution >= 4 is 16.7 Å². The second kappa shape index (κ2) is 6.30. The minimum Gasteiger partial charge on any atom is -0.506 e. The van der Waals surface area contributed by atoms with Crippen LogP contribution >= 0.6 is 0 Å². The van der Waals surface area contributed by atoms with E-state index in [1.54, 1.807) is 24.7 Å². The van der Waals surface area contributed by atoms with Gasteiger partial charge in [-0.25, -0.2) is 4.98 Å². The molecule has 3 aromatic rings. The molecule has 0 aliphatic rings. The molecule has 1 heterocycles. The van der Waals surface area contributed by atoms with Crippen molar-refractivity contribution in [3.63, 3.8) is 0 Å². The average molecular weight is 295 g/mol. The predicted molar refractivity (Wildman–Crippen MR) is 84.8 cm³/mol. The summed E-state index contributed by atoms with van der Waals surface area (Å²) >= 11 is 0. The zero-order valence-electron chi connectivity index (χ0n) is 12.1. The molecule has 112 valence electrons. The first-order valence-corrected chi connectivity index (χ1v) is 7.20. The van der Waals surface area contributed by atoms with Gasteiger partial charge in [0.25, 0.3) is 5.91 Å². The number of nitrogens with one attached hydrogen (secondary N) is 1. The topological polar surface area (TPSA) is 67.2 Å². The van der Waals surface area contributed by atoms with Crippen LogP contribution in [-0.4, -0.2) is 27.1 Å². The molecule has 0 spiro atoms. The average Bonchev–Trinajstić information content (AvgIpc) is 3.05. The molecule has 0 aliphatic carbocycles. The van der Waals surface area contributed by atoms with E-state index in [1.807, 2.05) is 35.0 Å². The molecule has 0 saturated carbocycles. The molecule has 0 saturated heterocycles. The lowest BCUT2D eigenvalue weighted by Gasteiger charge is -2.09. The van der Waals surface area contributed by atoms with Crippen molar-refractivity contribution in [3.8, 4) is 5.75 Å². The molecule has 0 atom stereocenters. The highest BCUT2D eigenvalue weighted by Crippen LogP contribution is 2.28. The van der Waals surface area contributed by atoms with Crippen molar-refractivity contribution in [2.75, 3.05) is 6.54 Å². The number of carbonyl (C=O) groups is 1. The molecule has 2 aromatic carbocycles. The van der Waals surface area contributed by atoms with Gasteiger partial charge in [-0.1, -0.05) is 30.3 Å². The maximum Gasteiger partial charge on any atom is 0.255 e. The number of phenols is 1. The fourth-order valence-electron chi connectivity index (χ4n) is 2.42. The Labute approximate surface area is 128 Å². The lowest BCUT2D eigenvalue weighted by molar-refractivity contribution is 0.0950. The molecular formula is C17H17N3O2. The van der Waals surface area contributed by atoms with E-state index in [1.165, 1.54) is 0 Å². The van der Waals surface area contributed by atoms with Gasteiger partial charge < -0.3 is 15.0 Å². The molecular weight excluding hydrogens is 278 g/mol. The summed E-state index contributed by atoms with van der Waals surface area (Å²) in [6.07, 6.45) is 6.16. The zero-order valence-corrected chi connectivity index (χ0v) is 12.1. The summed E-state index contributed by atoms with van der Waals surface area (Å²) in [4.78, 5) is 16.1. The third-order valence-electron chi connectivity index (χ3n) is 3.58. The first kappa shape index (κ1) is 14.1. The van der Waals surface area contributed by atoms with Crippen LogP contribution in [0.25, 0.3) is 10.8 Å². The zero-order chi connectivity index (χ0) is 15.4. The molecule has 1 amide bonds. The van der Waals surface area contributed by atoms with Gasteiger partial charge in [-0.15, -0.1) is 0 Å². The number of aromatic hydroxyl groups is 1. The van der Waals surface area contributed by atoms with E-state index in [2.05, 4.69) is 10.3 Å². The standard InChI is InChI=1S/C17H17N3O2/c21-16-14-5-2-1-4-13(14)6-7-15(16)17(22)19-8-3-10-20-11-9-18-12-20/h1-2,4-7,9,11-12,21H,3,8,10H2,(H,19,22). The number of amides is 1. The van der Waals surface area contributed by atoms with Crippen LogP contribution in [0.1, 0.15) is 16.8 Å². The number of aromatic nitrogens is 2. The van der Waals surface area contributed by atoms with Crippen LogP contribution in [0.4, 0.5) is 0 Å². The Hall–Kier alpha value is -2.82. The van der Waals surface area contributed by atoms with Crippen LogP contribution in [0, 0.1) is 0 Å². The first-order valence-electron chi connectivity index (χ1n) is 7.20. The number of aryl methyl sites for hydroxylation is 1. The molecule has 0 unspecified atom stereocenters. The Morgan fingerprint density at radius 2 is 2.09 bits per heavy atom. The smallest absolute Gasteiger partial charge is 0.255 e. The van der Waals surface area contributed by atoms with Gasteiger partial charge in [0.2, 0.25) is 0 Å².